The second-order valence-corrected chi connectivity index (χ2v) is 6.68. The van der Waals surface area contributed by atoms with E-state index in [2.05, 4.69) is 21.0 Å². The molecule has 1 heterocycles. The molecule has 22 heavy (non-hydrogen) atoms. The minimum atomic E-state index is -0.419. The molecule has 0 aliphatic carbocycles. The first kappa shape index (κ1) is 16.7. The number of aromatic nitrogens is 2. The van der Waals surface area contributed by atoms with Crippen LogP contribution in [0.25, 0.3) is 0 Å². The number of rotatable bonds is 3. The number of carbonyl (C=O) groups excluding carboxylic acids is 1. The number of anilines is 1. The van der Waals surface area contributed by atoms with Crippen LogP contribution in [0.5, 0.6) is 0 Å². The van der Waals surface area contributed by atoms with Crippen LogP contribution in [-0.4, -0.2) is 22.2 Å². The zero-order chi connectivity index (χ0) is 16.5. The van der Waals surface area contributed by atoms with Gasteiger partial charge >= 0.3 is 0 Å². The predicted octanol–water partition coefficient (Wildman–Crippen LogP) is 4.21. The summed E-state index contributed by atoms with van der Waals surface area (Å²) in [6, 6.07) is 6.25. The quantitative estimate of drug-likeness (QED) is 0.814. The minimum Gasteiger partial charge on any atom is -0.306 e. The highest BCUT2D eigenvalue weighted by atomic mass is 79.9. The Bertz CT molecular complexity index is 691. The molecule has 1 amide bonds. The number of hydrogen-bond donors (Lipinski definition) is 0. The van der Waals surface area contributed by atoms with Gasteiger partial charge in [0.15, 0.2) is 0 Å². The van der Waals surface area contributed by atoms with E-state index >= 15 is 0 Å². The number of benzene rings is 1. The Balaban J connectivity index is 2.43. The van der Waals surface area contributed by atoms with Crippen LogP contribution in [0.15, 0.2) is 35.1 Å². The van der Waals surface area contributed by atoms with Crippen LogP contribution in [0.1, 0.15) is 38.1 Å². The van der Waals surface area contributed by atoms with Gasteiger partial charge in [-0.15, -0.1) is 0 Å². The van der Waals surface area contributed by atoms with E-state index in [1.54, 1.807) is 22.9 Å². The van der Waals surface area contributed by atoms with E-state index in [1.165, 1.54) is 17.2 Å². The highest BCUT2D eigenvalue weighted by Gasteiger charge is 2.26. The van der Waals surface area contributed by atoms with Gasteiger partial charge in [-0.3, -0.25) is 9.48 Å². The molecule has 118 valence electrons. The second kappa shape index (κ2) is 6.20. The summed E-state index contributed by atoms with van der Waals surface area (Å²) in [6.45, 7) is 8.16. The minimum absolute atomic E-state index is 0.258. The maximum absolute atomic E-state index is 14.0. The van der Waals surface area contributed by atoms with Crippen molar-refractivity contribution in [2.45, 2.75) is 33.2 Å². The van der Waals surface area contributed by atoms with Gasteiger partial charge in [0.2, 0.25) is 0 Å². The van der Waals surface area contributed by atoms with Crippen molar-refractivity contribution in [1.29, 1.82) is 0 Å². The summed E-state index contributed by atoms with van der Waals surface area (Å²) in [5.74, 6) is -0.702. The van der Waals surface area contributed by atoms with Crippen LogP contribution in [0, 0.1) is 5.82 Å². The van der Waals surface area contributed by atoms with E-state index in [4.69, 9.17) is 0 Å². The molecule has 0 N–H and O–H groups in total. The van der Waals surface area contributed by atoms with E-state index < -0.39 is 5.82 Å². The van der Waals surface area contributed by atoms with Crippen molar-refractivity contribution in [3.05, 3.63) is 46.4 Å². The lowest BCUT2D eigenvalue weighted by molar-refractivity contribution is 0.0986. The largest absolute Gasteiger partial charge is 0.306 e. The smallest absolute Gasteiger partial charge is 0.262 e. The Kier molecular flexibility index (Phi) is 4.70. The van der Waals surface area contributed by atoms with Crippen LogP contribution in [0.3, 0.4) is 0 Å². The third kappa shape index (κ3) is 3.06. The first-order chi connectivity index (χ1) is 10.3. The second-order valence-electron chi connectivity index (χ2n) is 5.93. The lowest BCUT2D eigenvalue weighted by Gasteiger charge is -2.23. The third-order valence-electron chi connectivity index (χ3n) is 3.28. The van der Waals surface area contributed by atoms with Gasteiger partial charge in [-0.05, 0) is 55.8 Å². The maximum Gasteiger partial charge on any atom is 0.262 e. The van der Waals surface area contributed by atoms with Gasteiger partial charge < -0.3 is 4.90 Å². The summed E-state index contributed by atoms with van der Waals surface area (Å²) in [7, 11) is 0. The molecule has 0 radical (unpaired) electrons. The van der Waals surface area contributed by atoms with Gasteiger partial charge in [0, 0.05) is 6.54 Å². The SMILES string of the molecule is CCN(C(=O)c1cnn(C(C)(C)C)c1Br)c1ccccc1F. The van der Waals surface area contributed by atoms with E-state index in [0.717, 1.165) is 0 Å². The van der Waals surface area contributed by atoms with Crippen molar-refractivity contribution in [2.24, 2.45) is 0 Å². The van der Waals surface area contributed by atoms with Crippen LogP contribution in [0.4, 0.5) is 10.1 Å². The first-order valence-electron chi connectivity index (χ1n) is 7.07. The van der Waals surface area contributed by atoms with Gasteiger partial charge in [0.25, 0.3) is 5.91 Å². The Labute approximate surface area is 138 Å². The molecule has 0 fully saturated rings. The zero-order valence-electron chi connectivity index (χ0n) is 13.1. The Morgan fingerprint density at radius 2 is 2.00 bits per heavy atom. The molecule has 6 heteroatoms. The molecule has 0 unspecified atom stereocenters. The monoisotopic (exact) mass is 367 g/mol. The molecule has 0 saturated heterocycles. The average Bonchev–Trinajstić information content (AvgIpc) is 2.83. The fourth-order valence-electron chi connectivity index (χ4n) is 2.18. The maximum atomic E-state index is 14.0. The van der Waals surface area contributed by atoms with Crippen LogP contribution >= 0.6 is 15.9 Å². The van der Waals surface area contributed by atoms with E-state index in [-0.39, 0.29) is 17.1 Å². The highest BCUT2D eigenvalue weighted by molar-refractivity contribution is 9.10. The van der Waals surface area contributed by atoms with Gasteiger partial charge in [0.05, 0.1) is 23.0 Å². The number of halogens is 2. The van der Waals surface area contributed by atoms with E-state index in [9.17, 15) is 9.18 Å². The molecule has 0 saturated carbocycles. The summed E-state index contributed by atoms with van der Waals surface area (Å²) in [4.78, 5) is 14.2. The number of amides is 1. The van der Waals surface area contributed by atoms with Crippen molar-refractivity contribution in [2.75, 3.05) is 11.4 Å². The normalized spacial score (nSPS) is 11.5. The molecule has 0 spiro atoms. The number of nitrogens with zero attached hydrogens (tertiary/aromatic N) is 3. The van der Waals surface area contributed by atoms with Gasteiger partial charge in [-0.1, -0.05) is 12.1 Å². The molecular weight excluding hydrogens is 349 g/mol. The molecule has 1 aromatic carbocycles. The third-order valence-corrected chi connectivity index (χ3v) is 4.04. The molecule has 0 aliphatic rings. The summed E-state index contributed by atoms with van der Waals surface area (Å²) in [6.07, 6.45) is 1.52. The number of para-hydroxylation sites is 1. The van der Waals surface area contributed by atoms with Crippen molar-refractivity contribution in [3.63, 3.8) is 0 Å². The molecule has 0 atom stereocenters. The van der Waals surface area contributed by atoms with Crippen molar-refractivity contribution < 1.29 is 9.18 Å². The molecule has 0 aliphatic heterocycles. The van der Waals surface area contributed by atoms with Gasteiger partial charge in [-0.2, -0.15) is 5.10 Å². The molecule has 4 nitrogen and oxygen atoms in total. The lowest BCUT2D eigenvalue weighted by Crippen LogP contribution is -2.31. The average molecular weight is 368 g/mol. The number of hydrogen-bond acceptors (Lipinski definition) is 2. The van der Waals surface area contributed by atoms with Crippen molar-refractivity contribution in [1.82, 2.24) is 9.78 Å². The Hall–Kier alpha value is -1.69. The first-order valence-corrected chi connectivity index (χ1v) is 7.87. The summed E-state index contributed by atoms with van der Waals surface area (Å²) in [5.41, 5.74) is 0.428. The fraction of sp³-hybridized carbons (Fsp3) is 0.375. The van der Waals surface area contributed by atoms with E-state index in [1.807, 2.05) is 27.7 Å². The number of carbonyl (C=O) groups is 1. The highest BCUT2D eigenvalue weighted by Crippen LogP contribution is 2.27. The molecule has 2 rings (SSSR count). The zero-order valence-corrected chi connectivity index (χ0v) is 14.7. The molecular formula is C16H19BrFN3O. The lowest BCUT2D eigenvalue weighted by atomic mass is 10.1. The van der Waals surface area contributed by atoms with Gasteiger partial charge in [0.1, 0.15) is 10.4 Å². The molecule has 0 bridgehead atoms. The van der Waals surface area contributed by atoms with E-state index in [0.29, 0.717) is 16.7 Å². The fourth-order valence-corrected chi connectivity index (χ4v) is 3.08. The van der Waals surface area contributed by atoms with Crippen LogP contribution < -0.4 is 4.90 Å². The summed E-state index contributed by atoms with van der Waals surface area (Å²) in [5, 5.41) is 4.27. The van der Waals surface area contributed by atoms with Crippen LogP contribution in [-0.2, 0) is 5.54 Å². The summed E-state index contributed by atoms with van der Waals surface area (Å²) < 4.78 is 16.3. The van der Waals surface area contributed by atoms with Crippen LogP contribution in [0.2, 0.25) is 0 Å². The molecule has 2 aromatic rings. The molecule has 1 aromatic heterocycles. The standard InChI is InChI=1S/C16H19BrFN3O/c1-5-20(13-9-7-6-8-12(13)18)15(22)11-10-19-21(14(11)17)16(2,3)4/h6-10H,5H2,1-4H3. The van der Waals surface area contributed by atoms with Gasteiger partial charge in [-0.25, -0.2) is 4.39 Å². The predicted molar refractivity (Wildman–Crippen MR) is 88.7 cm³/mol. The van der Waals surface area contributed by atoms with Crippen molar-refractivity contribution in [3.8, 4) is 0 Å². The van der Waals surface area contributed by atoms with Crippen molar-refractivity contribution >= 4 is 27.5 Å². The Morgan fingerprint density at radius 1 is 1.36 bits per heavy atom. The Morgan fingerprint density at radius 3 is 2.50 bits per heavy atom. The summed E-state index contributed by atoms with van der Waals surface area (Å²) >= 11 is 3.44. The topological polar surface area (TPSA) is 38.1 Å².